The van der Waals surface area contributed by atoms with E-state index in [-0.39, 0.29) is 5.92 Å². The Morgan fingerprint density at radius 3 is 2.41 bits per heavy atom. The van der Waals surface area contributed by atoms with Crippen molar-refractivity contribution in [3.63, 3.8) is 0 Å². The molecule has 4 aromatic carbocycles. The lowest BCUT2D eigenvalue weighted by atomic mass is 9.77. The van der Waals surface area contributed by atoms with Gasteiger partial charge in [0.2, 0.25) is 0 Å². The van der Waals surface area contributed by atoms with Crippen molar-refractivity contribution in [2.75, 3.05) is 7.11 Å². The summed E-state index contributed by atoms with van der Waals surface area (Å²) in [6.07, 6.45) is 0.733. The van der Waals surface area contributed by atoms with Gasteiger partial charge >= 0.3 is 0 Å². The lowest BCUT2D eigenvalue weighted by molar-refractivity contribution is -0.148. The molecule has 3 heteroatoms. The highest BCUT2D eigenvalue weighted by molar-refractivity contribution is 5.89. The summed E-state index contributed by atoms with van der Waals surface area (Å²) in [5.41, 5.74) is 3.47. The second kappa shape index (κ2) is 6.02. The SMILES string of the molecule is COc1ccc([C@@]23C[C@@H](c4ccccc4O2)c2c(ccc4ccccc24)O3)cc1. The molecule has 6 rings (SSSR count). The van der Waals surface area contributed by atoms with Gasteiger partial charge in [0.1, 0.15) is 17.2 Å². The van der Waals surface area contributed by atoms with Crippen LogP contribution in [0, 0.1) is 0 Å². The number of rotatable bonds is 2. The fraction of sp³-hybridized carbons (Fsp3) is 0.154. The van der Waals surface area contributed by atoms with Crippen molar-refractivity contribution < 1.29 is 14.2 Å². The van der Waals surface area contributed by atoms with Gasteiger partial charge in [0.25, 0.3) is 5.79 Å². The van der Waals surface area contributed by atoms with Crippen LogP contribution in [0.1, 0.15) is 29.0 Å². The first kappa shape index (κ1) is 16.5. The van der Waals surface area contributed by atoms with Crippen LogP contribution in [0.15, 0.2) is 84.9 Å². The van der Waals surface area contributed by atoms with E-state index in [9.17, 15) is 0 Å². The Morgan fingerprint density at radius 1 is 0.793 bits per heavy atom. The molecule has 0 amide bonds. The third-order valence-electron chi connectivity index (χ3n) is 6.13. The number of hydrogen-bond acceptors (Lipinski definition) is 3. The minimum atomic E-state index is -0.846. The number of benzene rings is 4. The van der Waals surface area contributed by atoms with Crippen LogP contribution in [0.5, 0.6) is 17.2 Å². The van der Waals surface area contributed by atoms with Crippen LogP contribution in [-0.2, 0) is 5.79 Å². The standard InChI is InChI=1S/C26H20O3/c1-27-19-13-11-18(12-14-19)26-16-22(21-8-4-5-9-23(21)28-26)25-20-7-3-2-6-17(20)10-15-24(25)29-26/h2-15,22H,16H2,1H3/t22-,26-/m0/s1. The first-order valence-corrected chi connectivity index (χ1v) is 9.90. The molecule has 0 saturated carbocycles. The third-order valence-corrected chi connectivity index (χ3v) is 6.13. The molecule has 29 heavy (non-hydrogen) atoms. The number of para-hydroxylation sites is 1. The molecule has 0 fully saturated rings. The predicted molar refractivity (Wildman–Crippen MR) is 113 cm³/mol. The van der Waals surface area contributed by atoms with Crippen molar-refractivity contribution in [2.45, 2.75) is 18.1 Å². The minimum Gasteiger partial charge on any atom is -0.497 e. The molecular weight excluding hydrogens is 360 g/mol. The maximum absolute atomic E-state index is 6.65. The molecule has 0 spiro atoms. The molecule has 2 atom stereocenters. The second-order valence-electron chi connectivity index (χ2n) is 7.68. The largest absolute Gasteiger partial charge is 0.497 e. The van der Waals surface area contributed by atoms with E-state index in [2.05, 4.69) is 48.5 Å². The first-order valence-electron chi connectivity index (χ1n) is 9.90. The quantitative estimate of drug-likeness (QED) is 0.426. The van der Waals surface area contributed by atoms with Gasteiger partial charge in [-0.3, -0.25) is 0 Å². The zero-order valence-electron chi connectivity index (χ0n) is 16.1. The van der Waals surface area contributed by atoms with Gasteiger partial charge in [-0.2, -0.15) is 0 Å². The Labute approximate surface area is 169 Å². The van der Waals surface area contributed by atoms with E-state index in [0.29, 0.717) is 0 Å². The van der Waals surface area contributed by atoms with Gasteiger partial charge in [0, 0.05) is 29.0 Å². The molecule has 3 nitrogen and oxygen atoms in total. The molecule has 0 unspecified atom stereocenters. The van der Waals surface area contributed by atoms with Gasteiger partial charge < -0.3 is 14.2 Å². The molecule has 0 saturated heterocycles. The van der Waals surface area contributed by atoms with E-state index in [4.69, 9.17) is 14.2 Å². The van der Waals surface area contributed by atoms with Crippen molar-refractivity contribution in [1.29, 1.82) is 0 Å². The summed E-state index contributed by atoms with van der Waals surface area (Å²) in [6.45, 7) is 0. The van der Waals surface area contributed by atoms with Gasteiger partial charge in [-0.15, -0.1) is 0 Å². The summed E-state index contributed by atoms with van der Waals surface area (Å²) in [5, 5.41) is 2.48. The molecule has 2 bridgehead atoms. The normalized spacial score (nSPS) is 21.5. The third kappa shape index (κ3) is 2.37. The monoisotopic (exact) mass is 380 g/mol. The van der Waals surface area contributed by atoms with E-state index in [1.165, 1.54) is 21.9 Å². The fourth-order valence-electron chi connectivity index (χ4n) is 4.76. The Bertz CT molecular complexity index is 1230. The van der Waals surface area contributed by atoms with Gasteiger partial charge in [-0.25, -0.2) is 0 Å². The summed E-state index contributed by atoms with van der Waals surface area (Å²) in [6, 6.07) is 29.1. The average molecular weight is 380 g/mol. The molecular formula is C26H20O3. The summed E-state index contributed by atoms with van der Waals surface area (Å²) in [7, 11) is 1.68. The van der Waals surface area contributed by atoms with Crippen molar-refractivity contribution in [3.05, 3.63) is 102 Å². The second-order valence-corrected chi connectivity index (χ2v) is 7.68. The molecule has 2 heterocycles. The van der Waals surface area contributed by atoms with Crippen LogP contribution in [0.3, 0.4) is 0 Å². The van der Waals surface area contributed by atoms with Crippen molar-refractivity contribution in [2.24, 2.45) is 0 Å². The summed E-state index contributed by atoms with van der Waals surface area (Å²) >= 11 is 0. The van der Waals surface area contributed by atoms with Crippen molar-refractivity contribution in [1.82, 2.24) is 0 Å². The van der Waals surface area contributed by atoms with Crippen molar-refractivity contribution in [3.8, 4) is 17.2 Å². The Morgan fingerprint density at radius 2 is 1.55 bits per heavy atom. The number of hydrogen-bond donors (Lipinski definition) is 0. The van der Waals surface area contributed by atoms with Crippen LogP contribution >= 0.6 is 0 Å². The summed E-state index contributed by atoms with van der Waals surface area (Å²) in [4.78, 5) is 0. The highest BCUT2D eigenvalue weighted by atomic mass is 16.7. The molecule has 0 radical (unpaired) electrons. The summed E-state index contributed by atoms with van der Waals surface area (Å²) in [5.74, 6) is 1.96. The van der Waals surface area contributed by atoms with E-state index in [1.54, 1.807) is 7.11 Å². The minimum absolute atomic E-state index is 0.205. The van der Waals surface area contributed by atoms with Gasteiger partial charge in [0.05, 0.1) is 7.11 Å². The van der Waals surface area contributed by atoms with Crippen LogP contribution in [-0.4, -0.2) is 7.11 Å². The number of ether oxygens (including phenoxy) is 3. The van der Waals surface area contributed by atoms with Crippen LogP contribution in [0.2, 0.25) is 0 Å². The zero-order valence-corrected chi connectivity index (χ0v) is 16.1. The Hall–Kier alpha value is -3.46. The van der Waals surface area contributed by atoms with Crippen LogP contribution in [0.25, 0.3) is 10.8 Å². The topological polar surface area (TPSA) is 27.7 Å². The van der Waals surface area contributed by atoms with E-state index >= 15 is 0 Å². The van der Waals surface area contributed by atoms with Gasteiger partial charge in [-0.05, 0) is 47.2 Å². The summed E-state index contributed by atoms with van der Waals surface area (Å²) < 4.78 is 18.5. The molecule has 0 aromatic heterocycles. The molecule has 2 aliphatic rings. The highest BCUT2D eigenvalue weighted by Gasteiger charge is 2.50. The van der Waals surface area contributed by atoms with Gasteiger partial charge in [-0.1, -0.05) is 48.5 Å². The zero-order chi connectivity index (χ0) is 19.4. The van der Waals surface area contributed by atoms with Crippen LogP contribution in [0.4, 0.5) is 0 Å². The molecule has 142 valence electrons. The van der Waals surface area contributed by atoms with Crippen molar-refractivity contribution >= 4 is 10.8 Å². The first-order chi connectivity index (χ1) is 14.3. The van der Waals surface area contributed by atoms with Gasteiger partial charge in [0.15, 0.2) is 0 Å². The molecule has 2 aliphatic heterocycles. The van der Waals surface area contributed by atoms with E-state index in [0.717, 1.165) is 29.2 Å². The Balaban J connectivity index is 1.61. The van der Waals surface area contributed by atoms with E-state index in [1.807, 2.05) is 36.4 Å². The highest BCUT2D eigenvalue weighted by Crippen LogP contribution is 2.56. The van der Waals surface area contributed by atoms with E-state index < -0.39 is 5.79 Å². The maximum Gasteiger partial charge on any atom is 0.278 e. The fourth-order valence-corrected chi connectivity index (χ4v) is 4.76. The van der Waals surface area contributed by atoms with Crippen LogP contribution < -0.4 is 14.2 Å². The molecule has 0 N–H and O–H groups in total. The molecule has 4 aromatic rings. The maximum atomic E-state index is 6.65. The average Bonchev–Trinajstić information content (AvgIpc) is 2.78. The number of methoxy groups -OCH3 is 1. The Kier molecular flexibility index (Phi) is 3.42. The smallest absolute Gasteiger partial charge is 0.278 e. The lowest BCUT2D eigenvalue weighted by Gasteiger charge is -2.46. The molecule has 0 aliphatic carbocycles. The predicted octanol–water partition coefficient (Wildman–Crippen LogP) is 6.01. The lowest BCUT2D eigenvalue weighted by Crippen LogP contribution is -2.46. The number of fused-ring (bicyclic) bond motifs is 8.